The number of nitrogens with one attached hydrogen (secondary N) is 1. The highest BCUT2D eigenvalue weighted by molar-refractivity contribution is 14.1. The lowest BCUT2D eigenvalue weighted by molar-refractivity contribution is 0.0817. The van der Waals surface area contributed by atoms with E-state index in [1.54, 1.807) is 12.1 Å². The molecule has 0 fully saturated rings. The second kappa shape index (κ2) is 6.16. The molecule has 84 valence electrons. The predicted octanol–water partition coefficient (Wildman–Crippen LogP) is 2.73. The lowest BCUT2D eigenvalue weighted by atomic mass is 10.2. The van der Waals surface area contributed by atoms with Gasteiger partial charge in [0.1, 0.15) is 12.4 Å². The molecule has 0 saturated carbocycles. The Hall–Kier alpha value is -0.500. The van der Waals surface area contributed by atoms with Crippen molar-refractivity contribution in [2.75, 3.05) is 6.61 Å². The van der Waals surface area contributed by atoms with E-state index in [2.05, 4.69) is 8.51 Å². The molecular formula is C9H11F2IN2O. The lowest BCUT2D eigenvalue weighted by Gasteiger charge is -2.09. The minimum atomic E-state index is -2.46. The Balaban J connectivity index is 2.56. The zero-order valence-electron chi connectivity index (χ0n) is 8.08. The molecule has 0 aliphatic heterocycles. The number of ether oxygens (including phenoxy) is 1. The maximum Gasteiger partial charge on any atom is 0.272 e. The number of hydrogen-bond donors (Lipinski definition) is 1. The van der Waals surface area contributed by atoms with Gasteiger partial charge in [-0.15, -0.1) is 0 Å². The van der Waals surface area contributed by atoms with Gasteiger partial charge in [0.25, 0.3) is 6.43 Å². The molecule has 0 radical (unpaired) electrons. The summed E-state index contributed by atoms with van der Waals surface area (Å²) < 4.78 is 31.5. The molecule has 0 bridgehead atoms. The van der Waals surface area contributed by atoms with Crippen molar-refractivity contribution in [3.05, 3.63) is 24.0 Å². The molecule has 1 unspecified atom stereocenters. The number of alkyl halides is 2. The SMILES string of the molecule is CC(NI)c1ccc(OCC(F)F)cn1. The topological polar surface area (TPSA) is 34.1 Å². The highest BCUT2D eigenvalue weighted by Gasteiger charge is 2.06. The van der Waals surface area contributed by atoms with E-state index in [1.807, 2.05) is 29.8 Å². The Morgan fingerprint density at radius 1 is 1.53 bits per heavy atom. The van der Waals surface area contributed by atoms with E-state index in [4.69, 9.17) is 4.74 Å². The quantitative estimate of drug-likeness (QED) is 0.667. The molecule has 1 heterocycles. The van der Waals surface area contributed by atoms with Crippen LogP contribution in [-0.2, 0) is 0 Å². The summed E-state index contributed by atoms with van der Waals surface area (Å²) in [5.41, 5.74) is 0.841. The number of halogens is 3. The summed E-state index contributed by atoms with van der Waals surface area (Å²) in [6.45, 7) is 1.36. The Morgan fingerprint density at radius 3 is 2.73 bits per heavy atom. The molecule has 1 aromatic rings. The molecule has 0 spiro atoms. The van der Waals surface area contributed by atoms with Gasteiger partial charge >= 0.3 is 0 Å². The van der Waals surface area contributed by atoms with E-state index in [0.717, 1.165) is 5.69 Å². The summed E-state index contributed by atoms with van der Waals surface area (Å²) in [5, 5.41) is 0. The van der Waals surface area contributed by atoms with Crippen LogP contribution in [0.3, 0.4) is 0 Å². The number of nitrogens with zero attached hydrogens (tertiary/aromatic N) is 1. The van der Waals surface area contributed by atoms with Crippen LogP contribution in [0.25, 0.3) is 0 Å². The van der Waals surface area contributed by atoms with Gasteiger partial charge in [-0.2, -0.15) is 0 Å². The molecule has 15 heavy (non-hydrogen) atoms. The van der Waals surface area contributed by atoms with Crippen molar-refractivity contribution in [1.29, 1.82) is 0 Å². The highest BCUT2D eigenvalue weighted by atomic mass is 127. The second-order valence-electron chi connectivity index (χ2n) is 2.95. The molecule has 0 amide bonds. The average Bonchev–Trinajstić information content (AvgIpc) is 2.26. The Kier molecular flexibility index (Phi) is 5.16. The molecule has 1 aromatic heterocycles. The fraction of sp³-hybridized carbons (Fsp3) is 0.444. The van der Waals surface area contributed by atoms with Crippen LogP contribution in [0.2, 0.25) is 0 Å². The third kappa shape index (κ3) is 4.25. The van der Waals surface area contributed by atoms with Gasteiger partial charge in [0.05, 0.1) is 17.9 Å². The highest BCUT2D eigenvalue weighted by Crippen LogP contribution is 2.15. The molecule has 0 aromatic carbocycles. The summed E-state index contributed by atoms with van der Waals surface area (Å²) in [5.74, 6) is 0.361. The first-order valence-corrected chi connectivity index (χ1v) is 5.44. The largest absolute Gasteiger partial charge is 0.486 e. The first-order chi connectivity index (χ1) is 7.13. The van der Waals surface area contributed by atoms with Crippen molar-refractivity contribution < 1.29 is 13.5 Å². The Morgan fingerprint density at radius 2 is 2.27 bits per heavy atom. The van der Waals surface area contributed by atoms with Crippen LogP contribution in [0.15, 0.2) is 18.3 Å². The normalized spacial score (nSPS) is 12.9. The minimum Gasteiger partial charge on any atom is -0.486 e. The van der Waals surface area contributed by atoms with E-state index in [9.17, 15) is 8.78 Å². The summed E-state index contributed by atoms with van der Waals surface area (Å²) in [6, 6.07) is 3.50. The smallest absolute Gasteiger partial charge is 0.272 e. The fourth-order valence-electron chi connectivity index (χ4n) is 0.948. The molecular weight excluding hydrogens is 317 g/mol. The first-order valence-electron chi connectivity index (χ1n) is 4.36. The third-order valence-electron chi connectivity index (χ3n) is 1.74. The first kappa shape index (κ1) is 12.6. The third-order valence-corrected chi connectivity index (χ3v) is 2.68. The molecule has 1 rings (SSSR count). The van der Waals surface area contributed by atoms with Crippen LogP contribution in [-0.4, -0.2) is 18.0 Å². The Bertz CT molecular complexity index is 295. The van der Waals surface area contributed by atoms with Gasteiger partial charge in [-0.05, 0) is 19.1 Å². The fourth-order valence-corrected chi connectivity index (χ4v) is 1.27. The minimum absolute atomic E-state index is 0.120. The summed E-state index contributed by atoms with van der Waals surface area (Å²) in [6.07, 6.45) is -1.01. The molecule has 0 aliphatic rings. The standard InChI is InChI=1S/C9H11F2IN2O/c1-6(14-12)8-3-2-7(4-13-8)15-5-9(10)11/h2-4,6,9,14H,5H2,1H3. The van der Waals surface area contributed by atoms with Crippen molar-refractivity contribution in [2.45, 2.75) is 19.4 Å². The zero-order valence-corrected chi connectivity index (χ0v) is 10.2. The molecule has 1 N–H and O–H groups in total. The lowest BCUT2D eigenvalue weighted by Crippen LogP contribution is -2.09. The van der Waals surface area contributed by atoms with Gasteiger partial charge in [0.15, 0.2) is 0 Å². The van der Waals surface area contributed by atoms with Crippen LogP contribution >= 0.6 is 22.9 Å². The van der Waals surface area contributed by atoms with E-state index in [0.29, 0.717) is 5.75 Å². The summed E-state index contributed by atoms with van der Waals surface area (Å²) in [7, 11) is 0. The molecule has 0 saturated heterocycles. The maximum atomic E-state index is 11.8. The zero-order chi connectivity index (χ0) is 11.3. The van der Waals surface area contributed by atoms with Gasteiger partial charge in [0, 0.05) is 22.9 Å². The predicted molar refractivity (Wildman–Crippen MR) is 61.3 cm³/mol. The van der Waals surface area contributed by atoms with E-state index < -0.39 is 13.0 Å². The van der Waals surface area contributed by atoms with Gasteiger partial charge in [-0.25, -0.2) is 8.78 Å². The van der Waals surface area contributed by atoms with Crippen molar-refractivity contribution in [2.24, 2.45) is 0 Å². The Labute approximate surface area is 101 Å². The van der Waals surface area contributed by atoms with Gasteiger partial charge in [-0.3, -0.25) is 8.51 Å². The van der Waals surface area contributed by atoms with Crippen molar-refractivity contribution in [3.63, 3.8) is 0 Å². The van der Waals surface area contributed by atoms with E-state index in [-0.39, 0.29) is 6.04 Å². The van der Waals surface area contributed by atoms with Crippen LogP contribution in [0.4, 0.5) is 8.78 Å². The summed E-state index contributed by atoms with van der Waals surface area (Å²) >= 11 is 2.03. The van der Waals surface area contributed by atoms with Crippen LogP contribution in [0.5, 0.6) is 5.75 Å². The molecule has 1 atom stereocenters. The number of hydrogen-bond acceptors (Lipinski definition) is 3. The van der Waals surface area contributed by atoms with Gasteiger partial charge in [0.2, 0.25) is 0 Å². The van der Waals surface area contributed by atoms with Crippen molar-refractivity contribution >= 4 is 22.9 Å². The summed E-state index contributed by atoms with van der Waals surface area (Å²) in [4.78, 5) is 4.09. The monoisotopic (exact) mass is 328 g/mol. The van der Waals surface area contributed by atoms with Crippen molar-refractivity contribution in [1.82, 2.24) is 8.51 Å². The van der Waals surface area contributed by atoms with Crippen LogP contribution in [0.1, 0.15) is 18.7 Å². The number of aromatic nitrogens is 1. The second-order valence-corrected chi connectivity index (χ2v) is 3.57. The molecule has 6 heteroatoms. The molecule has 3 nitrogen and oxygen atoms in total. The van der Waals surface area contributed by atoms with Crippen LogP contribution < -0.4 is 8.27 Å². The van der Waals surface area contributed by atoms with Crippen molar-refractivity contribution in [3.8, 4) is 5.75 Å². The van der Waals surface area contributed by atoms with Gasteiger partial charge < -0.3 is 4.74 Å². The van der Waals surface area contributed by atoms with E-state index in [1.165, 1.54) is 6.20 Å². The van der Waals surface area contributed by atoms with Gasteiger partial charge in [-0.1, -0.05) is 0 Å². The maximum absolute atomic E-state index is 11.8. The number of rotatable bonds is 5. The average molecular weight is 328 g/mol. The molecule has 0 aliphatic carbocycles. The van der Waals surface area contributed by atoms with Crippen LogP contribution in [0, 0.1) is 0 Å². The number of pyridine rings is 1. The van der Waals surface area contributed by atoms with E-state index >= 15 is 0 Å².